The maximum Gasteiger partial charge on any atom is 0.136 e. The van der Waals surface area contributed by atoms with Crippen molar-refractivity contribution in [3.63, 3.8) is 0 Å². The van der Waals surface area contributed by atoms with Gasteiger partial charge in [0.1, 0.15) is 17.5 Å². The molecule has 5 heteroatoms. The van der Waals surface area contributed by atoms with E-state index in [9.17, 15) is 13.2 Å². The Morgan fingerprint density at radius 3 is 2.06 bits per heavy atom. The van der Waals surface area contributed by atoms with Gasteiger partial charge in [0.15, 0.2) is 0 Å². The number of hydrogen-bond donors (Lipinski definition) is 0. The van der Waals surface area contributed by atoms with Crippen LogP contribution in [0.1, 0.15) is 0 Å². The minimum absolute atomic E-state index is 0.0260. The first kappa shape index (κ1) is 12.3. The van der Waals surface area contributed by atoms with Gasteiger partial charge in [0.05, 0.1) is 15.6 Å². The Kier molecular flexibility index (Phi) is 3.31. The first-order valence-corrected chi connectivity index (χ1v) is 5.27. The lowest BCUT2D eigenvalue weighted by Crippen LogP contribution is -1.93. The third-order valence-corrected chi connectivity index (χ3v) is 2.66. The van der Waals surface area contributed by atoms with Crippen molar-refractivity contribution in [2.45, 2.75) is 0 Å². The van der Waals surface area contributed by atoms with Gasteiger partial charge in [-0.2, -0.15) is 0 Å². The quantitative estimate of drug-likeness (QED) is 0.696. The van der Waals surface area contributed by atoms with Crippen LogP contribution in [0.2, 0.25) is 10.0 Å². The van der Waals surface area contributed by atoms with Gasteiger partial charge in [-0.05, 0) is 6.07 Å². The number of hydrogen-bond acceptors (Lipinski definition) is 0. The Balaban J connectivity index is 2.68. The highest BCUT2D eigenvalue weighted by Gasteiger charge is 2.16. The van der Waals surface area contributed by atoms with Crippen molar-refractivity contribution >= 4 is 23.2 Å². The molecule has 0 heterocycles. The summed E-state index contributed by atoms with van der Waals surface area (Å²) in [6.07, 6.45) is 0. The molecule has 0 bridgehead atoms. The van der Waals surface area contributed by atoms with E-state index in [-0.39, 0.29) is 15.6 Å². The van der Waals surface area contributed by atoms with Crippen LogP contribution in [0, 0.1) is 23.5 Å². The molecule has 0 aliphatic rings. The summed E-state index contributed by atoms with van der Waals surface area (Å²) in [5.74, 6) is -3.04. The van der Waals surface area contributed by atoms with Crippen LogP contribution >= 0.6 is 23.2 Å². The summed E-state index contributed by atoms with van der Waals surface area (Å²) in [7, 11) is 0. The Bertz CT molecular complexity index is 559. The molecule has 0 aliphatic heterocycles. The van der Waals surface area contributed by atoms with Gasteiger partial charge in [-0.1, -0.05) is 29.3 Å². The molecule has 0 amide bonds. The van der Waals surface area contributed by atoms with Gasteiger partial charge in [0, 0.05) is 23.8 Å². The molecule has 2 aromatic carbocycles. The molecule has 0 atom stereocenters. The van der Waals surface area contributed by atoms with Crippen LogP contribution < -0.4 is 0 Å². The van der Waals surface area contributed by atoms with Crippen molar-refractivity contribution in [1.29, 1.82) is 0 Å². The summed E-state index contributed by atoms with van der Waals surface area (Å²) in [6.45, 7) is 0. The van der Waals surface area contributed by atoms with Crippen molar-refractivity contribution < 1.29 is 13.2 Å². The second-order valence-electron chi connectivity index (χ2n) is 3.28. The summed E-state index contributed by atoms with van der Waals surface area (Å²) >= 11 is 11.4. The summed E-state index contributed by atoms with van der Waals surface area (Å²) < 4.78 is 39.7. The van der Waals surface area contributed by atoms with Gasteiger partial charge in [0.25, 0.3) is 0 Å². The predicted molar refractivity (Wildman–Crippen MR) is 60.6 cm³/mol. The fraction of sp³-hybridized carbons (Fsp3) is 0. The van der Waals surface area contributed by atoms with E-state index in [1.807, 2.05) is 0 Å². The second-order valence-corrected chi connectivity index (χ2v) is 4.06. The fourth-order valence-electron chi connectivity index (χ4n) is 1.44. The lowest BCUT2D eigenvalue weighted by Gasteiger charge is -2.07. The molecule has 1 radical (unpaired) electrons. The third kappa shape index (κ3) is 2.40. The minimum Gasteiger partial charge on any atom is -0.207 e. The maximum atomic E-state index is 13.5. The predicted octanol–water partition coefficient (Wildman–Crippen LogP) is 4.88. The lowest BCUT2D eigenvalue weighted by atomic mass is 10.0. The molecule has 0 unspecified atom stereocenters. The minimum atomic E-state index is -1.03. The van der Waals surface area contributed by atoms with Crippen LogP contribution in [0.25, 0.3) is 11.1 Å². The van der Waals surface area contributed by atoms with E-state index in [1.165, 1.54) is 12.1 Å². The highest BCUT2D eigenvalue weighted by atomic mass is 35.5. The van der Waals surface area contributed by atoms with E-state index in [2.05, 4.69) is 6.07 Å². The molecule has 0 aliphatic carbocycles. The largest absolute Gasteiger partial charge is 0.207 e. The average Bonchev–Trinajstić information content (AvgIpc) is 2.19. The molecule has 2 rings (SSSR count). The first-order chi connectivity index (χ1) is 7.99. The average molecular weight is 276 g/mol. The van der Waals surface area contributed by atoms with Gasteiger partial charge >= 0.3 is 0 Å². The smallest absolute Gasteiger partial charge is 0.136 e. The van der Waals surface area contributed by atoms with Crippen molar-refractivity contribution in [2.24, 2.45) is 0 Å². The molecular formula is C12H4Cl2F3. The van der Waals surface area contributed by atoms with Crippen LogP contribution in [0.3, 0.4) is 0 Å². The number of halogens is 5. The zero-order chi connectivity index (χ0) is 12.6. The molecule has 0 N–H and O–H groups in total. The highest BCUT2D eigenvalue weighted by Crippen LogP contribution is 2.33. The van der Waals surface area contributed by atoms with Crippen LogP contribution in [0.5, 0.6) is 0 Å². The van der Waals surface area contributed by atoms with Crippen molar-refractivity contribution in [2.75, 3.05) is 0 Å². The van der Waals surface area contributed by atoms with E-state index >= 15 is 0 Å². The SMILES string of the molecule is Fc1cc(F)c(-c2ccc(Cl)[c]c2Cl)c(F)c1. The van der Waals surface area contributed by atoms with Crippen molar-refractivity contribution in [1.82, 2.24) is 0 Å². The normalized spacial score (nSPS) is 10.6. The molecule has 0 fully saturated rings. The molecular weight excluding hydrogens is 272 g/mol. The molecule has 0 spiro atoms. The van der Waals surface area contributed by atoms with E-state index < -0.39 is 23.0 Å². The fourth-order valence-corrected chi connectivity index (χ4v) is 1.90. The Hall–Kier alpha value is -1.19. The van der Waals surface area contributed by atoms with Crippen LogP contribution in [-0.4, -0.2) is 0 Å². The highest BCUT2D eigenvalue weighted by molar-refractivity contribution is 6.36. The molecule has 0 nitrogen and oxygen atoms in total. The van der Waals surface area contributed by atoms with Crippen molar-refractivity contribution in [3.05, 3.63) is 57.8 Å². The lowest BCUT2D eigenvalue weighted by molar-refractivity contribution is 0.548. The van der Waals surface area contributed by atoms with E-state index in [1.54, 1.807) is 0 Å². The first-order valence-electron chi connectivity index (χ1n) is 4.51. The third-order valence-electron chi connectivity index (χ3n) is 2.14. The summed E-state index contributed by atoms with van der Waals surface area (Å²) in [4.78, 5) is 0. The van der Waals surface area contributed by atoms with Gasteiger partial charge < -0.3 is 0 Å². The molecule has 0 saturated heterocycles. The van der Waals surface area contributed by atoms with Gasteiger partial charge in [-0.15, -0.1) is 0 Å². The van der Waals surface area contributed by atoms with Gasteiger partial charge in [-0.3, -0.25) is 0 Å². The van der Waals surface area contributed by atoms with Gasteiger partial charge in [0.2, 0.25) is 0 Å². The zero-order valence-corrected chi connectivity index (χ0v) is 9.71. The Labute approximate surface area is 106 Å². The second kappa shape index (κ2) is 4.59. The Morgan fingerprint density at radius 1 is 0.941 bits per heavy atom. The molecule has 0 saturated carbocycles. The summed E-state index contributed by atoms with van der Waals surface area (Å²) in [6, 6.07) is 6.43. The molecule has 87 valence electrons. The summed E-state index contributed by atoms with van der Waals surface area (Å²) in [5.41, 5.74) is -0.324. The standard InChI is InChI=1S/C12H4Cl2F3/c13-6-1-2-8(9(14)3-6)12-10(16)4-7(15)5-11(12)17/h1-2,4-5H. The van der Waals surface area contributed by atoms with E-state index in [4.69, 9.17) is 23.2 Å². The number of rotatable bonds is 1. The molecule has 17 heavy (non-hydrogen) atoms. The zero-order valence-electron chi connectivity index (χ0n) is 8.20. The topological polar surface area (TPSA) is 0 Å². The van der Waals surface area contributed by atoms with Crippen LogP contribution in [0.15, 0.2) is 24.3 Å². The van der Waals surface area contributed by atoms with Crippen molar-refractivity contribution in [3.8, 4) is 11.1 Å². The Morgan fingerprint density at radius 2 is 1.53 bits per heavy atom. The summed E-state index contributed by atoms with van der Waals surface area (Å²) in [5, 5.41) is 0.198. The monoisotopic (exact) mass is 275 g/mol. The maximum absolute atomic E-state index is 13.5. The number of benzene rings is 2. The van der Waals surface area contributed by atoms with Crippen LogP contribution in [0.4, 0.5) is 13.2 Å². The molecule has 2 aromatic rings. The molecule has 0 aromatic heterocycles. The van der Waals surface area contributed by atoms with Gasteiger partial charge in [-0.25, -0.2) is 13.2 Å². The van der Waals surface area contributed by atoms with Crippen LogP contribution in [-0.2, 0) is 0 Å². The van der Waals surface area contributed by atoms with E-state index in [0.29, 0.717) is 12.1 Å². The van der Waals surface area contributed by atoms with E-state index in [0.717, 1.165) is 0 Å².